The van der Waals surface area contributed by atoms with Crippen molar-refractivity contribution in [3.63, 3.8) is 0 Å². The second kappa shape index (κ2) is 17.2. The van der Waals surface area contributed by atoms with Crippen molar-refractivity contribution >= 4 is 232 Å². The normalized spacial score (nSPS) is 14.9. The van der Waals surface area contributed by atoms with E-state index in [9.17, 15) is 0 Å². The van der Waals surface area contributed by atoms with Crippen molar-refractivity contribution < 1.29 is 0 Å². The predicted molar refractivity (Wildman–Crippen MR) is 372 cm³/mol. The van der Waals surface area contributed by atoms with E-state index in [1.54, 1.807) is 0 Å². The van der Waals surface area contributed by atoms with Gasteiger partial charge in [-0.05, 0) is 353 Å². The Kier molecular flexibility index (Phi) is 10.2. The standard InChI is InChI=1S/C78H52.2C2H6/c1-9-37-25-45-33-57-65-41(13-5)29-47-36-60-64-40(12-4)28-44-32-56-54-24-20-18-22-52(54)50(16-8)62-38(10-2)26-46-34-58(76(64)70(44)68(46)74(56)62)66-42(14-6)30-48-35-59(77(65)71(47)72(48)78(60)66)63-39(11-3)27-43-31-55-53-23-19-17-21-51(53)49(15-7)61(37)73(55)67(45)69(43)75(57)63;2*1-2/h9-36H,1-8H3;2*1-2H3/b37-9+,38-10+,39-11+,40-12+,41-13+,42-14+,49-15+,50-16+;;. The first-order chi connectivity index (χ1) is 40.4. The lowest BCUT2D eigenvalue weighted by Crippen LogP contribution is -2.16. The molecular formula is C82H64. The largest absolute Gasteiger partial charge is 0.0797 e. The van der Waals surface area contributed by atoms with E-state index < -0.39 is 0 Å². The van der Waals surface area contributed by atoms with Gasteiger partial charge in [-0.1, -0.05) is 125 Å². The summed E-state index contributed by atoms with van der Waals surface area (Å²) < 4.78 is 0. The van der Waals surface area contributed by atoms with Crippen LogP contribution < -0.4 is 41.7 Å². The summed E-state index contributed by atoms with van der Waals surface area (Å²) in [5.74, 6) is 0. The first kappa shape index (κ1) is 48.8. The average Bonchev–Trinajstić information content (AvgIpc) is 1.14. The third-order valence-electron chi connectivity index (χ3n) is 19.6. The first-order valence-corrected chi connectivity index (χ1v) is 30.3. The Labute approximate surface area is 475 Å². The molecule has 0 heteroatoms. The monoisotopic (exact) mass is 1050 g/mol. The Bertz CT molecular complexity index is 6010. The molecule has 392 valence electrons. The topological polar surface area (TPSA) is 0 Å². The number of hydrogen-bond acceptors (Lipinski definition) is 0. The molecule has 0 saturated heterocycles. The molecule has 0 aliphatic carbocycles. The van der Waals surface area contributed by atoms with Gasteiger partial charge in [0, 0.05) is 0 Å². The van der Waals surface area contributed by atoms with Crippen LogP contribution in [0.5, 0.6) is 0 Å². The third-order valence-corrected chi connectivity index (χ3v) is 19.6. The summed E-state index contributed by atoms with van der Waals surface area (Å²) in [7, 11) is 0. The quantitative estimate of drug-likeness (QED) is 0.105. The van der Waals surface area contributed by atoms with Crippen molar-refractivity contribution in [2.24, 2.45) is 0 Å². The van der Waals surface area contributed by atoms with Crippen molar-refractivity contribution in [2.45, 2.75) is 83.1 Å². The summed E-state index contributed by atoms with van der Waals surface area (Å²) >= 11 is 0. The number of fused-ring (bicyclic) bond motifs is 8. The van der Waals surface area contributed by atoms with Gasteiger partial charge in [-0.15, -0.1) is 0 Å². The molecule has 0 aliphatic rings. The van der Waals surface area contributed by atoms with Crippen molar-refractivity contribution in [1.82, 2.24) is 0 Å². The lowest BCUT2D eigenvalue weighted by Gasteiger charge is -2.25. The maximum atomic E-state index is 2.61. The number of hydrogen-bond donors (Lipinski definition) is 0. The molecule has 0 heterocycles. The van der Waals surface area contributed by atoms with Gasteiger partial charge in [0.1, 0.15) is 0 Å². The molecule has 0 bridgehead atoms. The summed E-state index contributed by atoms with van der Waals surface area (Å²) in [6, 6.07) is 48.8. The van der Waals surface area contributed by atoms with Crippen LogP contribution in [0.25, 0.3) is 232 Å². The van der Waals surface area contributed by atoms with E-state index in [1.807, 2.05) is 27.7 Å². The fourth-order valence-electron chi connectivity index (χ4n) is 16.7. The fraction of sp³-hybridized carbons (Fsp3) is 0.146. The molecule has 0 N–H and O–H groups in total. The van der Waals surface area contributed by atoms with Gasteiger partial charge in [-0.25, -0.2) is 0 Å². The van der Waals surface area contributed by atoms with Gasteiger partial charge in [0.25, 0.3) is 0 Å². The molecule has 18 rings (SSSR count). The van der Waals surface area contributed by atoms with Crippen LogP contribution in [0, 0.1) is 0 Å². The van der Waals surface area contributed by atoms with Crippen molar-refractivity contribution in [2.75, 3.05) is 0 Å². The highest BCUT2D eigenvalue weighted by atomic mass is 14.3. The molecular weight excluding hydrogens is 985 g/mol. The zero-order valence-corrected chi connectivity index (χ0v) is 49.2. The molecule has 0 nitrogen and oxygen atoms in total. The molecule has 18 aromatic carbocycles. The Morgan fingerprint density at radius 2 is 0.390 bits per heavy atom. The minimum atomic E-state index is 1.29. The molecule has 0 unspecified atom stereocenters. The molecule has 0 spiro atoms. The van der Waals surface area contributed by atoms with Gasteiger partial charge in [0.2, 0.25) is 0 Å². The summed E-state index contributed by atoms with van der Waals surface area (Å²) in [5, 5.41) is 56.5. The Morgan fingerprint density at radius 3 is 0.622 bits per heavy atom. The lowest BCUT2D eigenvalue weighted by atomic mass is 9.77. The Hall–Kier alpha value is -9.10. The maximum Gasteiger partial charge on any atom is -0.000752 e. The molecule has 0 amide bonds. The van der Waals surface area contributed by atoms with Crippen LogP contribution in [0.15, 0.2) is 121 Å². The van der Waals surface area contributed by atoms with Gasteiger partial charge in [0.05, 0.1) is 0 Å². The van der Waals surface area contributed by atoms with Crippen LogP contribution in [0.4, 0.5) is 0 Å². The fourth-order valence-corrected chi connectivity index (χ4v) is 16.7. The molecule has 18 aromatic rings. The van der Waals surface area contributed by atoms with Crippen LogP contribution >= 0.6 is 0 Å². The third kappa shape index (κ3) is 5.59. The van der Waals surface area contributed by atoms with Crippen LogP contribution in [-0.4, -0.2) is 0 Å². The minimum absolute atomic E-state index is 1.29. The molecule has 0 aliphatic heterocycles. The zero-order chi connectivity index (χ0) is 56.0. The molecule has 0 atom stereocenters. The Morgan fingerprint density at radius 1 is 0.183 bits per heavy atom. The van der Waals surface area contributed by atoms with E-state index in [-0.39, 0.29) is 0 Å². The zero-order valence-electron chi connectivity index (χ0n) is 49.2. The van der Waals surface area contributed by atoms with Gasteiger partial charge < -0.3 is 0 Å². The van der Waals surface area contributed by atoms with E-state index >= 15 is 0 Å². The lowest BCUT2D eigenvalue weighted by molar-refractivity contribution is 1.50. The Balaban J connectivity index is 0.00000136. The van der Waals surface area contributed by atoms with Crippen molar-refractivity contribution in [1.29, 1.82) is 0 Å². The van der Waals surface area contributed by atoms with Gasteiger partial charge >= 0.3 is 0 Å². The van der Waals surface area contributed by atoms with Gasteiger partial charge in [-0.2, -0.15) is 0 Å². The summed E-state index contributed by atoms with van der Waals surface area (Å²) in [5.41, 5.74) is 0. The number of benzene rings is 18. The average molecular weight is 1050 g/mol. The van der Waals surface area contributed by atoms with Crippen LogP contribution in [0.1, 0.15) is 83.1 Å². The van der Waals surface area contributed by atoms with Crippen LogP contribution in [0.2, 0.25) is 0 Å². The highest BCUT2D eigenvalue weighted by molar-refractivity contribution is 6.51. The molecule has 0 fully saturated rings. The van der Waals surface area contributed by atoms with E-state index in [1.165, 1.54) is 225 Å². The highest BCUT2D eigenvalue weighted by Gasteiger charge is 2.28. The smallest absolute Gasteiger partial charge is 0.000752 e. The van der Waals surface area contributed by atoms with Crippen LogP contribution in [-0.2, 0) is 0 Å². The second-order valence-corrected chi connectivity index (χ2v) is 22.7. The molecule has 0 aromatic heterocycles. The van der Waals surface area contributed by atoms with E-state index in [0.29, 0.717) is 0 Å². The summed E-state index contributed by atoms with van der Waals surface area (Å²) in [4.78, 5) is 0. The van der Waals surface area contributed by atoms with Gasteiger partial charge in [0.15, 0.2) is 0 Å². The molecule has 82 heavy (non-hydrogen) atoms. The van der Waals surface area contributed by atoms with Gasteiger partial charge in [-0.3, -0.25) is 0 Å². The van der Waals surface area contributed by atoms with Crippen molar-refractivity contribution in [3.05, 3.63) is 163 Å². The predicted octanol–water partition coefficient (Wildman–Crippen LogP) is 18.4. The molecule has 0 radical (unpaired) electrons. The van der Waals surface area contributed by atoms with Crippen LogP contribution in [0.3, 0.4) is 0 Å². The van der Waals surface area contributed by atoms with E-state index in [4.69, 9.17) is 0 Å². The van der Waals surface area contributed by atoms with Crippen molar-refractivity contribution in [3.8, 4) is 0 Å². The summed E-state index contributed by atoms with van der Waals surface area (Å²) in [6.07, 6.45) is 18.9. The van der Waals surface area contributed by atoms with E-state index in [0.717, 1.165) is 0 Å². The maximum absolute atomic E-state index is 2.61. The number of rotatable bonds is 0. The minimum Gasteiger partial charge on any atom is -0.0797 e. The summed E-state index contributed by atoms with van der Waals surface area (Å²) in [6.45, 7) is 25.9. The molecule has 0 saturated carbocycles. The second-order valence-electron chi connectivity index (χ2n) is 22.7. The van der Waals surface area contributed by atoms with E-state index in [2.05, 4.69) is 225 Å². The SMILES string of the molecule is C/C=c1\cc2cc3c4/c(=C/C)cc5cc6c7/c(=C/C)cc8cc9c%10ccccc%10/c(=C\C)c%10/c(=C/C)cc%11cc(c%12/c(=C/C)cc%13cc(c%14/c(=C/C)cc%15cc%16c%17ccccc%17/c(=C\C)c1c%16c2c%15c3%14)c4c5c%13c6%12)c7c8c%11c%109.CC.CC. The highest BCUT2D eigenvalue weighted by Crippen LogP contribution is 2.53. The first-order valence-electron chi connectivity index (χ1n) is 30.3.